The first-order valence-electron chi connectivity index (χ1n) is 15.2. The number of aromatic carboxylic acids is 2. The van der Waals surface area contributed by atoms with E-state index in [1.165, 1.54) is 109 Å². The number of amides is 4. The van der Waals surface area contributed by atoms with E-state index in [1.807, 2.05) is 0 Å². The predicted molar refractivity (Wildman–Crippen MR) is 178 cm³/mol. The van der Waals surface area contributed by atoms with Gasteiger partial charge in [0.2, 0.25) is 0 Å². The molecule has 0 saturated carbocycles. The number of carboxylic acid groups (broad SMARTS) is 2. The minimum Gasteiger partial charge on any atom is -0.478 e. The molecule has 2 aliphatic rings. The summed E-state index contributed by atoms with van der Waals surface area (Å²) in [4.78, 5) is 103. The molecule has 2 aliphatic heterocycles. The van der Waals surface area contributed by atoms with Crippen LogP contribution in [0, 0.1) is 0 Å². The molecule has 254 valence electrons. The number of rotatable bonds is 8. The van der Waals surface area contributed by atoms with Crippen molar-refractivity contribution in [3.63, 3.8) is 0 Å². The number of hydrogen-bond donors (Lipinski definition) is 2. The van der Waals surface area contributed by atoms with Crippen LogP contribution in [0.3, 0.4) is 0 Å². The van der Waals surface area contributed by atoms with Gasteiger partial charge in [0.05, 0.1) is 55.9 Å². The number of para-hydroxylation sites is 2. The Labute approximate surface area is 291 Å². The van der Waals surface area contributed by atoms with Gasteiger partial charge < -0.3 is 19.7 Å². The van der Waals surface area contributed by atoms with Crippen molar-refractivity contribution in [1.82, 2.24) is 0 Å². The summed E-state index contributed by atoms with van der Waals surface area (Å²) in [6.45, 7) is 0. The number of anilines is 2. The van der Waals surface area contributed by atoms with Crippen molar-refractivity contribution >= 4 is 58.9 Å². The highest BCUT2D eigenvalue weighted by atomic mass is 16.5. The number of carbonyl (C=O) groups excluding carboxylic acids is 6. The minimum atomic E-state index is -1.33. The lowest BCUT2D eigenvalue weighted by Gasteiger charge is -2.16. The van der Waals surface area contributed by atoms with Crippen LogP contribution in [-0.4, -0.2) is 57.7 Å². The van der Waals surface area contributed by atoms with Crippen LogP contribution in [0.2, 0.25) is 0 Å². The Morgan fingerprint density at radius 2 is 0.788 bits per heavy atom. The normalized spacial score (nSPS) is 13.2. The summed E-state index contributed by atoms with van der Waals surface area (Å²) in [6.07, 6.45) is 0. The van der Waals surface area contributed by atoms with Crippen LogP contribution in [0.15, 0.2) is 109 Å². The average molecular weight is 697 g/mol. The van der Waals surface area contributed by atoms with Gasteiger partial charge in [-0.1, -0.05) is 24.3 Å². The maximum absolute atomic E-state index is 13.2. The highest BCUT2D eigenvalue weighted by molar-refractivity contribution is 6.36. The molecule has 5 aromatic rings. The van der Waals surface area contributed by atoms with E-state index in [1.54, 1.807) is 0 Å². The lowest BCUT2D eigenvalue weighted by atomic mass is 10.1. The molecule has 0 saturated heterocycles. The van der Waals surface area contributed by atoms with Crippen molar-refractivity contribution in [3.05, 3.63) is 154 Å². The molecule has 52 heavy (non-hydrogen) atoms. The van der Waals surface area contributed by atoms with Crippen molar-refractivity contribution in [1.29, 1.82) is 0 Å². The number of nitrogens with zero attached hydrogens (tertiary/aromatic N) is 2. The van der Waals surface area contributed by atoms with E-state index < -0.39 is 47.5 Å². The number of imide groups is 2. The van der Waals surface area contributed by atoms with E-state index in [4.69, 9.17) is 9.47 Å². The predicted octanol–water partition coefficient (Wildman–Crippen LogP) is 5.12. The monoisotopic (exact) mass is 696 g/mol. The zero-order chi connectivity index (χ0) is 36.8. The van der Waals surface area contributed by atoms with Gasteiger partial charge in [-0.2, -0.15) is 0 Å². The van der Waals surface area contributed by atoms with Crippen molar-refractivity contribution < 1.29 is 58.0 Å². The van der Waals surface area contributed by atoms with Gasteiger partial charge in [0, 0.05) is 0 Å². The molecular weight excluding hydrogens is 676 g/mol. The molecule has 0 atom stereocenters. The van der Waals surface area contributed by atoms with Crippen LogP contribution in [0.5, 0.6) is 11.5 Å². The second kappa shape index (κ2) is 12.6. The largest absolute Gasteiger partial charge is 0.478 e. The topological polar surface area (TPSA) is 202 Å². The Balaban J connectivity index is 1.03. The van der Waals surface area contributed by atoms with Crippen molar-refractivity contribution in [2.24, 2.45) is 0 Å². The van der Waals surface area contributed by atoms with Gasteiger partial charge >= 0.3 is 23.9 Å². The average Bonchev–Trinajstić information content (AvgIpc) is 3.54. The summed E-state index contributed by atoms with van der Waals surface area (Å²) in [5.74, 6) is -7.47. The molecule has 2 N–H and O–H groups in total. The van der Waals surface area contributed by atoms with Crippen LogP contribution >= 0.6 is 0 Å². The minimum absolute atomic E-state index is 0.0203. The molecule has 14 heteroatoms. The van der Waals surface area contributed by atoms with E-state index in [2.05, 4.69) is 0 Å². The molecule has 0 spiro atoms. The molecule has 7 rings (SSSR count). The summed E-state index contributed by atoms with van der Waals surface area (Å²) >= 11 is 0. The summed E-state index contributed by atoms with van der Waals surface area (Å²) in [7, 11) is 0. The van der Waals surface area contributed by atoms with E-state index in [9.17, 15) is 48.6 Å². The molecule has 5 aromatic carbocycles. The Kier molecular flexibility index (Phi) is 7.95. The fraction of sp³-hybridized carbons (Fsp3) is 0. The Morgan fingerprint density at radius 3 is 1.15 bits per heavy atom. The van der Waals surface area contributed by atoms with Gasteiger partial charge in [0.1, 0.15) is 11.5 Å². The molecule has 4 amide bonds. The van der Waals surface area contributed by atoms with Gasteiger partial charge in [-0.25, -0.2) is 29.0 Å². The number of ether oxygens (including phenoxy) is 2. The van der Waals surface area contributed by atoms with Crippen LogP contribution < -0.4 is 19.3 Å². The van der Waals surface area contributed by atoms with Gasteiger partial charge in [0.25, 0.3) is 23.6 Å². The van der Waals surface area contributed by atoms with Gasteiger partial charge in [0.15, 0.2) is 0 Å². The Morgan fingerprint density at radius 1 is 0.442 bits per heavy atom. The zero-order valence-electron chi connectivity index (χ0n) is 26.3. The number of fused-ring (bicyclic) bond motifs is 2. The smallest absolute Gasteiger partial charge is 0.343 e. The van der Waals surface area contributed by atoms with E-state index in [0.717, 1.165) is 9.80 Å². The number of hydrogen-bond acceptors (Lipinski definition) is 10. The fourth-order valence-electron chi connectivity index (χ4n) is 5.78. The van der Waals surface area contributed by atoms with Crippen LogP contribution in [-0.2, 0) is 0 Å². The maximum atomic E-state index is 13.2. The fourth-order valence-corrected chi connectivity index (χ4v) is 5.78. The first-order valence-corrected chi connectivity index (χ1v) is 15.2. The molecule has 2 heterocycles. The molecule has 0 bridgehead atoms. The third kappa shape index (κ3) is 5.51. The molecule has 0 aliphatic carbocycles. The van der Waals surface area contributed by atoms with E-state index in [-0.39, 0.29) is 67.4 Å². The number of carbonyl (C=O) groups is 8. The van der Waals surface area contributed by atoms with Gasteiger partial charge in [-0.3, -0.25) is 19.2 Å². The quantitative estimate of drug-likeness (QED) is 0.123. The lowest BCUT2D eigenvalue weighted by Crippen LogP contribution is -2.30. The molecule has 14 nitrogen and oxygen atoms in total. The molecule has 0 fully saturated rings. The second-order valence-corrected chi connectivity index (χ2v) is 11.3. The van der Waals surface area contributed by atoms with Crippen LogP contribution in [0.1, 0.15) is 82.9 Å². The molecule has 0 radical (unpaired) electrons. The number of carboxylic acids is 2. The third-order valence-corrected chi connectivity index (χ3v) is 8.24. The second-order valence-electron chi connectivity index (χ2n) is 11.3. The summed E-state index contributed by atoms with van der Waals surface area (Å²) in [5.41, 5.74) is -1.14. The SMILES string of the molecule is O=C(Oc1ccc(OC(=O)c2ccc3c(c2)C(=O)N(c2ccccc2C(=O)O)C3=O)cc1)c1ccc2c(c1)C(=O)N(c1ccccc1C(=O)O)C2=O. The lowest BCUT2D eigenvalue weighted by molar-refractivity contribution is 0.0686. The summed E-state index contributed by atoms with van der Waals surface area (Å²) in [6, 6.07) is 23.8. The van der Waals surface area contributed by atoms with E-state index in [0.29, 0.717) is 0 Å². The molecular formula is C38H20N2O12. The first kappa shape index (κ1) is 32.8. The highest BCUT2D eigenvalue weighted by Crippen LogP contribution is 2.33. The van der Waals surface area contributed by atoms with Crippen LogP contribution in [0.25, 0.3) is 0 Å². The Hall–Kier alpha value is -7.74. The number of esters is 2. The highest BCUT2D eigenvalue weighted by Gasteiger charge is 2.40. The summed E-state index contributed by atoms with van der Waals surface area (Å²) < 4.78 is 10.8. The molecule has 0 unspecified atom stereocenters. The van der Waals surface area contributed by atoms with E-state index >= 15 is 0 Å². The van der Waals surface area contributed by atoms with Crippen LogP contribution in [0.4, 0.5) is 11.4 Å². The molecule has 0 aromatic heterocycles. The Bertz CT molecular complexity index is 2280. The van der Waals surface area contributed by atoms with Crippen molar-refractivity contribution in [3.8, 4) is 11.5 Å². The zero-order valence-corrected chi connectivity index (χ0v) is 26.3. The first-order chi connectivity index (χ1) is 24.9. The van der Waals surface area contributed by atoms with Gasteiger partial charge in [-0.15, -0.1) is 0 Å². The van der Waals surface area contributed by atoms with Crippen molar-refractivity contribution in [2.45, 2.75) is 0 Å². The number of benzene rings is 5. The van der Waals surface area contributed by atoms with Crippen molar-refractivity contribution in [2.75, 3.05) is 9.80 Å². The van der Waals surface area contributed by atoms with Gasteiger partial charge in [-0.05, 0) is 84.9 Å². The standard InChI is InChI=1S/C38H20N2O12/c41-31-23-15-9-19(17-27(23)33(43)39(31)29-7-3-1-5-25(29)35(45)46)37(49)51-21-11-13-22(14-12-21)52-38(50)20-10-16-24-28(18-20)34(44)40(32(24)42)30-8-4-2-6-26(30)36(47)48/h1-18H,(H,45,46)(H,47,48). The third-order valence-electron chi connectivity index (χ3n) is 8.24. The summed E-state index contributed by atoms with van der Waals surface area (Å²) in [5, 5.41) is 19.0. The maximum Gasteiger partial charge on any atom is 0.343 e.